The van der Waals surface area contributed by atoms with Gasteiger partial charge in [0.15, 0.2) is 0 Å². The number of amides is 1. The van der Waals surface area contributed by atoms with Gasteiger partial charge in [-0.05, 0) is 12.5 Å². The van der Waals surface area contributed by atoms with Gasteiger partial charge in [-0.1, -0.05) is 29.8 Å². The summed E-state index contributed by atoms with van der Waals surface area (Å²) in [5, 5.41) is 3.20. The summed E-state index contributed by atoms with van der Waals surface area (Å²) in [6.45, 7) is 5.29. The summed E-state index contributed by atoms with van der Waals surface area (Å²) in [5.41, 5.74) is 7.89. The average molecular weight is 233 g/mol. The highest BCUT2D eigenvalue weighted by Crippen LogP contribution is 2.11. The third kappa shape index (κ3) is 3.05. The van der Waals surface area contributed by atoms with E-state index in [4.69, 9.17) is 5.73 Å². The lowest BCUT2D eigenvalue weighted by molar-refractivity contribution is -0.124. The molecule has 1 atom stereocenters. The Morgan fingerprint density at radius 1 is 1.47 bits per heavy atom. The number of carbonyl (C=O) groups excluding carboxylic acids is 1. The third-order valence-corrected chi connectivity index (χ3v) is 3.19. The zero-order valence-electron chi connectivity index (χ0n) is 10.1. The number of primary amides is 1. The molecule has 3 N–H and O–H groups in total. The zero-order chi connectivity index (χ0) is 12.3. The predicted molar refractivity (Wildman–Crippen MR) is 67.4 cm³/mol. The maximum atomic E-state index is 11.3. The van der Waals surface area contributed by atoms with Crippen molar-refractivity contribution in [3.63, 3.8) is 0 Å². The molecule has 1 saturated heterocycles. The fraction of sp³-hybridized carbons (Fsp3) is 0.462. The zero-order valence-corrected chi connectivity index (χ0v) is 10.1. The number of rotatable bonds is 3. The molecule has 4 heteroatoms. The minimum Gasteiger partial charge on any atom is -0.368 e. The summed E-state index contributed by atoms with van der Waals surface area (Å²) in [4.78, 5) is 13.5. The van der Waals surface area contributed by atoms with Crippen LogP contribution in [-0.2, 0) is 11.3 Å². The Bertz CT molecular complexity index is 388. The Balaban J connectivity index is 2.05. The number of nitrogens with zero attached hydrogens (tertiary/aromatic N) is 1. The number of hydrogen-bond donors (Lipinski definition) is 2. The maximum Gasteiger partial charge on any atom is 0.236 e. The van der Waals surface area contributed by atoms with Crippen molar-refractivity contribution in [2.45, 2.75) is 19.5 Å². The van der Waals surface area contributed by atoms with E-state index in [9.17, 15) is 4.79 Å². The number of nitrogens with one attached hydrogen (secondary N) is 1. The summed E-state index contributed by atoms with van der Waals surface area (Å²) in [7, 11) is 0. The molecule has 1 aliphatic heterocycles. The molecule has 0 radical (unpaired) electrons. The van der Waals surface area contributed by atoms with E-state index in [1.54, 1.807) is 0 Å². The van der Waals surface area contributed by atoms with Gasteiger partial charge in [-0.15, -0.1) is 0 Å². The van der Waals surface area contributed by atoms with Crippen LogP contribution in [0.5, 0.6) is 0 Å². The van der Waals surface area contributed by atoms with Crippen molar-refractivity contribution in [3.05, 3.63) is 35.4 Å². The number of nitrogens with two attached hydrogens (primary N) is 1. The van der Waals surface area contributed by atoms with E-state index in [-0.39, 0.29) is 11.9 Å². The second kappa shape index (κ2) is 5.29. The lowest BCUT2D eigenvalue weighted by Crippen LogP contribution is -2.56. The van der Waals surface area contributed by atoms with Gasteiger partial charge < -0.3 is 11.1 Å². The first-order valence-electron chi connectivity index (χ1n) is 5.96. The molecule has 0 spiro atoms. The molecule has 1 aliphatic rings. The predicted octanol–water partition coefficient (Wildman–Crippen LogP) is 0.254. The van der Waals surface area contributed by atoms with E-state index in [2.05, 4.69) is 41.4 Å². The van der Waals surface area contributed by atoms with Crippen molar-refractivity contribution in [2.75, 3.05) is 19.6 Å². The van der Waals surface area contributed by atoms with Gasteiger partial charge in [0.05, 0.1) is 0 Å². The number of piperazine rings is 1. The SMILES string of the molecule is Cc1ccc(CN2CCNCC2C(N)=O)cc1. The average Bonchev–Trinajstić information content (AvgIpc) is 2.32. The standard InChI is InChI=1S/C13H19N3O/c1-10-2-4-11(5-3-10)9-16-7-6-15-8-12(16)13(14)17/h2-5,12,15H,6-9H2,1H3,(H2,14,17). The molecule has 1 amide bonds. The first-order chi connectivity index (χ1) is 8.16. The minimum absolute atomic E-state index is 0.190. The van der Waals surface area contributed by atoms with Crippen molar-refractivity contribution >= 4 is 5.91 Å². The van der Waals surface area contributed by atoms with Crippen LogP contribution in [0.2, 0.25) is 0 Å². The molecule has 17 heavy (non-hydrogen) atoms. The van der Waals surface area contributed by atoms with E-state index in [1.165, 1.54) is 11.1 Å². The van der Waals surface area contributed by atoms with Gasteiger partial charge in [-0.25, -0.2) is 0 Å². The molecule has 0 aliphatic carbocycles. The van der Waals surface area contributed by atoms with Gasteiger partial charge in [-0.2, -0.15) is 0 Å². The van der Waals surface area contributed by atoms with Crippen molar-refractivity contribution < 1.29 is 4.79 Å². The second-order valence-corrected chi connectivity index (χ2v) is 4.58. The maximum absolute atomic E-state index is 11.3. The van der Waals surface area contributed by atoms with Crippen LogP contribution in [0.25, 0.3) is 0 Å². The third-order valence-electron chi connectivity index (χ3n) is 3.19. The van der Waals surface area contributed by atoms with Crippen LogP contribution in [0, 0.1) is 6.92 Å². The fourth-order valence-electron chi connectivity index (χ4n) is 2.14. The molecular formula is C13H19N3O. The van der Waals surface area contributed by atoms with E-state index >= 15 is 0 Å². The molecular weight excluding hydrogens is 214 g/mol. The van der Waals surface area contributed by atoms with Gasteiger partial charge in [0, 0.05) is 26.2 Å². The number of carbonyl (C=O) groups is 1. The van der Waals surface area contributed by atoms with Crippen LogP contribution in [0.1, 0.15) is 11.1 Å². The molecule has 1 heterocycles. The lowest BCUT2D eigenvalue weighted by atomic mass is 10.1. The van der Waals surface area contributed by atoms with E-state index in [1.807, 2.05) is 0 Å². The summed E-state index contributed by atoms with van der Waals surface area (Å²) in [6.07, 6.45) is 0. The summed E-state index contributed by atoms with van der Waals surface area (Å²) >= 11 is 0. The van der Waals surface area contributed by atoms with Crippen LogP contribution < -0.4 is 11.1 Å². The van der Waals surface area contributed by atoms with Crippen molar-refractivity contribution in [2.24, 2.45) is 5.73 Å². The lowest BCUT2D eigenvalue weighted by Gasteiger charge is -2.34. The Morgan fingerprint density at radius 2 is 2.18 bits per heavy atom. The van der Waals surface area contributed by atoms with Gasteiger partial charge in [-0.3, -0.25) is 9.69 Å². The minimum atomic E-state index is -0.246. The Hall–Kier alpha value is -1.39. The van der Waals surface area contributed by atoms with E-state index in [0.29, 0.717) is 6.54 Å². The fourth-order valence-corrected chi connectivity index (χ4v) is 2.14. The van der Waals surface area contributed by atoms with Crippen LogP contribution in [0.15, 0.2) is 24.3 Å². The molecule has 92 valence electrons. The number of aryl methyl sites for hydroxylation is 1. The highest BCUT2D eigenvalue weighted by atomic mass is 16.1. The largest absolute Gasteiger partial charge is 0.368 e. The Labute approximate surface area is 102 Å². The smallest absolute Gasteiger partial charge is 0.236 e. The van der Waals surface area contributed by atoms with Crippen LogP contribution in [0.4, 0.5) is 0 Å². The molecule has 0 bridgehead atoms. The second-order valence-electron chi connectivity index (χ2n) is 4.58. The quantitative estimate of drug-likeness (QED) is 0.787. The molecule has 1 aromatic rings. The highest BCUT2D eigenvalue weighted by Gasteiger charge is 2.26. The molecule has 1 aromatic carbocycles. The number of hydrogen-bond acceptors (Lipinski definition) is 3. The number of benzene rings is 1. The van der Waals surface area contributed by atoms with Crippen molar-refractivity contribution in [3.8, 4) is 0 Å². The molecule has 0 saturated carbocycles. The topological polar surface area (TPSA) is 58.4 Å². The molecule has 2 rings (SSSR count). The monoisotopic (exact) mass is 233 g/mol. The van der Waals surface area contributed by atoms with Gasteiger partial charge >= 0.3 is 0 Å². The van der Waals surface area contributed by atoms with Crippen molar-refractivity contribution in [1.29, 1.82) is 0 Å². The molecule has 0 aromatic heterocycles. The van der Waals surface area contributed by atoms with Crippen LogP contribution in [0.3, 0.4) is 0 Å². The normalized spacial score (nSPS) is 21.4. The molecule has 1 unspecified atom stereocenters. The first-order valence-corrected chi connectivity index (χ1v) is 5.96. The first kappa shape index (κ1) is 12.1. The van der Waals surface area contributed by atoms with Crippen molar-refractivity contribution in [1.82, 2.24) is 10.2 Å². The molecule has 4 nitrogen and oxygen atoms in total. The van der Waals surface area contributed by atoms with Gasteiger partial charge in [0.2, 0.25) is 5.91 Å². The Kier molecular flexibility index (Phi) is 3.76. The molecule has 1 fully saturated rings. The van der Waals surface area contributed by atoms with E-state index < -0.39 is 0 Å². The highest BCUT2D eigenvalue weighted by molar-refractivity contribution is 5.80. The van der Waals surface area contributed by atoms with Crippen LogP contribution >= 0.6 is 0 Å². The Morgan fingerprint density at radius 3 is 2.82 bits per heavy atom. The van der Waals surface area contributed by atoms with Gasteiger partial charge in [0.25, 0.3) is 0 Å². The summed E-state index contributed by atoms with van der Waals surface area (Å²) in [6, 6.07) is 8.21. The summed E-state index contributed by atoms with van der Waals surface area (Å²) in [5.74, 6) is -0.246. The summed E-state index contributed by atoms with van der Waals surface area (Å²) < 4.78 is 0. The van der Waals surface area contributed by atoms with Gasteiger partial charge in [0.1, 0.15) is 6.04 Å². The van der Waals surface area contributed by atoms with Crippen LogP contribution in [-0.4, -0.2) is 36.5 Å². The van der Waals surface area contributed by atoms with E-state index in [0.717, 1.165) is 19.6 Å².